The topological polar surface area (TPSA) is 28.4 Å². The molecule has 0 N–H and O–H groups in total. The summed E-state index contributed by atoms with van der Waals surface area (Å²) in [7, 11) is 4.33. The van der Waals surface area contributed by atoms with Crippen molar-refractivity contribution in [3.63, 3.8) is 0 Å². The Morgan fingerprint density at radius 2 is 1.90 bits per heavy atom. The van der Waals surface area contributed by atoms with Gasteiger partial charge in [0.1, 0.15) is 11.9 Å². The van der Waals surface area contributed by atoms with Gasteiger partial charge in [-0.3, -0.25) is 0 Å². The third-order valence-corrected chi connectivity index (χ3v) is 7.34. The first-order valence-corrected chi connectivity index (χ1v) is 10.6. The molecule has 1 fully saturated rings. The number of hydrogen-bond donors (Lipinski definition) is 0. The van der Waals surface area contributed by atoms with Crippen molar-refractivity contribution < 1.29 is 9.31 Å². The van der Waals surface area contributed by atoms with Crippen molar-refractivity contribution in [3.8, 4) is 0 Å². The lowest BCUT2D eigenvalue weighted by Gasteiger charge is -2.34. The molecule has 0 bridgehead atoms. The molecule has 5 rings (SSSR count). The van der Waals surface area contributed by atoms with Crippen molar-refractivity contribution >= 4 is 17.2 Å². The summed E-state index contributed by atoms with van der Waals surface area (Å²) in [6, 6.07) is 13.0. The Kier molecular flexibility index (Phi) is 4.01. The van der Waals surface area contributed by atoms with Gasteiger partial charge < -0.3 is 9.64 Å². The van der Waals surface area contributed by atoms with Crippen LogP contribution < -0.4 is 4.90 Å². The maximum atomic E-state index is 6.28. The zero-order valence-electron chi connectivity index (χ0n) is 18.1. The molecule has 0 radical (unpaired) electrons. The molecule has 2 atom stereocenters. The highest BCUT2D eigenvalue weighted by atomic mass is 16.5. The van der Waals surface area contributed by atoms with Gasteiger partial charge >= 0.3 is 5.82 Å². The molecular formula is C25H30N3O+. The number of pyridine rings is 1. The molecule has 29 heavy (non-hydrogen) atoms. The minimum absolute atomic E-state index is 0.0988. The van der Waals surface area contributed by atoms with Crippen molar-refractivity contribution in [3.05, 3.63) is 65.5 Å². The van der Waals surface area contributed by atoms with Crippen LogP contribution in [0.3, 0.4) is 0 Å². The van der Waals surface area contributed by atoms with Gasteiger partial charge in [-0.2, -0.15) is 0 Å². The third kappa shape index (κ3) is 2.42. The van der Waals surface area contributed by atoms with E-state index in [1.54, 1.807) is 0 Å². The smallest absolute Gasteiger partial charge is 0.327 e. The molecule has 4 heteroatoms. The number of rotatable bonds is 2. The van der Waals surface area contributed by atoms with Gasteiger partial charge in [-0.15, -0.1) is 0 Å². The molecule has 3 aliphatic heterocycles. The Labute approximate surface area is 173 Å². The van der Waals surface area contributed by atoms with Gasteiger partial charge in [0.25, 0.3) is 0 Å². The SMILES string of the molecule is CN1C(=CC2=[N+](C)c3ncccc3C2(C)C)C(C)(C2CCCO2)c2ccccc21. The van der Waals surface area contributed by atoms with E-state index >= 15 is 0 Å². The van der Waals surface area contributed by atoms with E-state index in [2.05, 4.69) is 85.7 Å². The predicted octanol–water partition coefficient (Wildman–Crippen LogP) is 4.56. The number of para-hydroxylation sites is 1. The van der Waals surface area contributed by atoms with Crippen LogP contribution in [-0.4, -0.2) is 42.1 Å². The average Bonchev–Trinajstić information content (AvgIpc) is 3.38. The van der Waals surface area contributed by atoms with Crippen LogP contribution in [0.2, 0.25) is 0 Å². The fraction of sp³-hybridized carbons (Fsp3) is 0.440. The molecule has 1 aromatic heterocycles. The van der Waals surface area contributed by atoms with E-state index in [0.29, 0.717) is 0 Å². The van der Waals surface area contributed by atoms with E-state index in [1.807, 2.05) is 12.3 Å². The summed E-state index contributed by atoms with van der Waals surface area (Å²) in [5.74, 6) is 1.06. The van der Waals surface area contributed by atoms with Crippen molar-refractivity contribution in [2.45, 2.75) is 50.5 Å². The molecule has 150 valence electrons. The summed E-state index contributed by atoms with van der Waals surface area (Å²) in [5.41, 5.74) is 6.28. The monoisotopic (exact) mass is 388 g/mol. The molecule has 1 aromatic carbocycles. The van der Waals surface area contributed by atoms with Gasteiger partial charge in [0.2, 0.25) is 0 Å². The highest BCUT2D eigenvalue weighted by Crippen LogP contribution is 2.52. The van der Waals surface area contributed by atoms with E-state index < -0.39 is 0 Å². The maximum Gasteiger partial charge on any atom is 0.327 e. The van der Waals surface area contributed by atoms with Crippen LogP contribution in [-0.2, 0) is 15.6 Å². The molecule has 1 saturated heterocycles. The first-order valence-electron chi connectivity index (χ1n) is 10.6. The zero-order chi connectivity index (χ0) is 20.4. The highest BCUT2D eigenvalue weighted by Gasteiger charge is 2.51. The van der Waals surface area contributed by atoms with E-state index in [9.17, 15) is 0 Å². The lowest BCUT2D eigenvalue weighted by molar-refractivity contribution is -0.406. The Balaban J connectivity index is 1.71. The van der Waals surface area contributed by atoms with Crippen molar-refractivity contribution in [1.29, 1.82) is 0 Å². The lowest BCUT2D eigenvalue weighted by atomic mass is 9.74. The summed E-state index contributed by atoms with van der Waals surface area (Å²) >= 11 is 0. The first-order chi connectivity index (χ1) is 13.9. The molecule has 0 saturated carbocycles. The standard InChI is InChI=1S/C25H30N3O/c1-24(2)18-11-8-14-26-23(18)28(5)20(24)16-21-25(3,22-13-9-15-29-22)17-10-6-7-12-19(17)27(21)4/h6-8,10-12,14,16,22H,9,13,15H2,1-5H3/q+1. The molecule has 4 heterocycles. The van der Waals surface area contributed by atoms with Crippen molar-refractivity contribution in [2.75, 3.05) is 25.6 Å². The molecule has 4 nitrogen and oxygen atoms in total. The largest absolute Gasteiger partial charge is 0.377 e. The van der Waals surface area contributed by atoms with Crippen molar-refractivity contribution in [2.24, 2.45) is 0 Å². The second-order valence-electron chi connectivity index (χ2n) is 9.25. The number of anilines is 1. The number of fused-ring (bicyclic) bond motifs is 2. The van der Waals surface area contributed by atoms with E-state index in [4.69, 9.17) is 4.74 Å². The summed E-state index contributed by atoms with van der Waals surface area (Å²) in [6.07, 6.45) is 6.73. The van der Waals surface area contributed by atoms with Gasteiger partial charge in [-0.25, -0.2) is 4.58 Å². The van der Waals surface area contributed by atoms with Gasteiger partial charge in [0.05, 0.1) is 29.5 Å². The minimum Gasteiger partial charge on any atom is -0.377 e. The number of aromatic nitrogens is 1. The number of allylic oxidation sites excluding steroid dienone is 1. The lowest BCUT2D eigenvalue weighted by Crippen LogP contribution is -2.40. The first kappa shape index (κ1) is 18.6. The summed E-state index contributed by atoms with van der Waals surface area (Å²) in [6.45, 7) is 7.83. The normalized spacial score (nSPS) is 28.9. The van der Waals surface area contributed by atoms with Gasteiger partial charge in [0.15, 0.2) is 0 Å². The van der Waals surface area contributed by atoms with E-state index in [1.165, 1.54) is 28.2 Å². The number of benzene rings is 1. The highest BCUT2D eigenvalue weighted by molar-refractivity contribution is 6.04. The van der Waals surface area contributed by atoms with Crippen LogP contribution in [0.1, 0.15) is 44.7 Å². The fourth-order valence-electron chi connectivity index (χ4n) is 5.67. The molecule has 0 aliphatic carbocycles. The minimum atomic E-state index is -0.159. The van der Waals surface area contributed by atoms with Crippen LogP contribution in [0.5, 0.6) is 0 Å². The van der Waals surface area contributed by atoms with E-state index in [-0.39, 0.29) is 16.9 Å². The number of ether oxygens (including phenoxy) is 1. The van der Waals surface area contributed by atoms with Crippen LogP contribution in [0.4, 0.5) is 11.5 Å². The molecular weight excluding hydrogens is 358 g/mol. The summed E-state index contributed by atoms with van der Waals surface area (Å²) in [4.78, 5) is 7.04. The quantitative estimate of drug-likeness (QED) is 0.706. The molecule has 0 amide bonds. The van der Waals surface area contributed by atoms with Crippen LogP contribution >= 0.6 is 0 Å². The molecule has 0 spiro atoms. The third-order valence-electron chi connectivity index (χ3n) is 7.34. The predicted molar refractivity (Wildman–Crippen MR) is 117 cm³/mol. The Bertz CT molecular complexity index is 1050. The van der Waals surface area contributed by atoms with Gasteiger partial charge in [-0.05, 0) is 62.4 Å². The van der Waals surface area contributed by atoms with Crippen LogP contribution in [0, 0.1) is 0 Å². The number of hydrogen-bond acceptors (Lipinski definition) is 3. The van der Waals surface area contributed by atoms with Gasteiger partial charge in [-0.1, -0.05) is 18.2 Å². The van der Waals surface area contributed by atoms with Crippen LogP contribution in [0.15, 0.2) is 54.4 Å². The average molecular weight is 389 g/mol. The molecule has 2 unspecified atom stereocenters. The Morgan fingerprint density at radius 3 is 2.62 bits per heavy atom. The van der Waals surface area contributed by atoms with Gasteiger partial charge in [0, 0.05) is 31.1 Å². The molecule has 2 aromatic rings. The Hall–Kier alpha value is -2.46. The zero-order valence-corrected chi connectivity index (χ0v) is 18.1. The fourth-order valence-corrected chi connectivity index (χ4v) is 5.67. The number of likely N-dealkylation sites (N-methyl/N-ethyl adjacent to an activating group) is 1. The van der Waals surface area contributed by atoms with Crippen molar-refractivity contribution in [1.82, 2.24) is 4.98 Å². The van der Waals surface area contributed by atoms with E-state index in [0.717, 1.165) is 25.3 Å². The number of nitrogens with zero attached hydrogens (tertiary/aromatic N) is 3. The second-order valence-corrected chi connectivity index (χ2v) is 9.25. The molecule has 3 aliphatic rings. The summed E-state index contributed by atoms with van der Waals surface area (Å²) in [5, 5.41) is 0. The second kappa shape index (κ2) is 6.27. The Morgan fingerprint density at radius 1 is 1.14 bits per heavy atom. The maximum absolute atomic E-state index is 6.28. The summed E-state index contributed by atoms with van der Waals surface area (Å²) < 4.78 is 8.54. The van der Waals surface area contributed by atoms with Crippen LogP contribution in [0.25, 0.3) is 0 Å².